The van der Waals surface area contributed by atoms with Crippen molar-refractivity contribution >= 4 is 22.6 Å². The molecule has 0 fully saturated rings. The van der Waals surface area contributed by atoms with Gasteiger partial charge in [-0.25, -0.2) is 4.98 Å². The number of aromatic nitrogens is 4. The average Bonchev–Trinajstić information content (AvgIpc) is 3.34. The Morgan fingerprint density at radius 3 is 2.75 bits per heavy atom. The molecule has 1 unspecified atom stereocenters. The van der Waals surface area contributed by atoms with Crippen molar-refractivity contribution in [2.75, 3.05) is 12.4 Å². The van der Waals surface area contributed by atoms with Gasteiger partial charge in [0.1, 0.15) is 5.82 Å². The van der Waals surface area contributed by atoms with E-state index in [1.165, 1.54) is 16.8 Å². The van der Waals surface area contributed by atoms with Crippen LogP contribution in [0.4, 0.5) is 5.82 Å². The summed E-state index contributed by atoms with van der Waals surface area (Å²) in [5.41, 5.74) is 7.09. The van der Waals surface area contributed by atoms with E-state index in [1.807, 2.05) is 55.5 Å². The lowest BCUT2D eigenvalue weighted by molar-refractivity contribution is 0.0634. The molecule has 0 saturated carbocycles. The van der Waals surface area contributed by atoms with Crippen LogP contribution in [0.15, 0.2) is 48.8 Å². The van der Waals surface area contributed by atoms with Gasteiger partial charge in [-0.15, -0.1) is 0 Å². The second-order valence-corrected chi connectivity index (χ2v) is 9.53. The highest BCUT2D eigenvalue weighted by Gasteiger charge is 2.32. The van der Waals surface area contributed by atoms with Crippen LogP contribution in [-0.2, 0) is 25.9 Å². The largest absolute Gasteiger partial charge is 0.373 e. The molecule has 0 radical (unpaired) electrons. The molecule has 0 spiro atoms. The molecule has 1 aliphatic carbocycles. The van der Waals surface area contributed by atoms with E-state index in [9.17, 15) is 4.79 Å². The number of rotatable bonds is 7. The van der Waals surface area contributed by atoms with Gasteiger partial charge in [0.05, 0.1) is 30.0 Å². The highest BCUT2D eigenvalue weighted by atomic mass is 16.2. The predicted octanol–water partition coefficient (Wildman–Crippen LogP) is 5.48. The van der Waals surface area contributed by atoms with E-state index in [1.54, 1.807) is 0 Å². The number of nitrogens with one attached hydrogen (secondary N) is 1. The SMILES string of the molecule is CCc1ccc(CN(C(=O)c2ccc3nc(NC)c(C)cc3c2)C2CCCc3c2cnn3CC)nc1. The van der Waals surface area contributed by atoms with Crippen LogP contribution in [0.3, 0.4) is 0 Å². The molecule has 186 valence electrons. The van der Waals surface area contributed by atoms with Crippen molar-refractivity contribution in [3.05, 3.63) is 82.4 Å². The predicted molar refractivity (Wildman–Crippen MR) is 143 cm³/mol. The lowest BCUT2D eigenvalue weighted by atomic mass is 9.91. The number of carbonyl (C=O) groups excluding carboxylic acids is 1. The van der Waals surface area contributed by atoms with Gasteiger partial charge in [-0.3, -0.25) is 14.5 Å². The smallest absolute Gasteiger partial charge is 0.254 e. The zero-order chi connectivity index (χ0) is 25.2. The summed E-state index contributed by atoms with van der Waals surface area (Å²) in [6.07, 6.45) is 7.77. The van der Waals surface area contributed by atoms with Crippen LogP contribution in [0.5, 0.6) is 0 Å². The molecule has 0 bridgehead atoms. The van der Waals surface area contributed by atoms with Crippen molar-refractivity contribution in [1.29, 1.82) is 0 Å². The lowest BCUT2D eigenvalue weighted by Crippen LogP contribution is -2.36. The van der Waals surface area contributed by atoms with Crippen LogP contribution in [0.25, 0.3) is 10.9 Å². The molecule has 3 aromatic heterocycles. The highest BCUT2D eigenvalue weighted by molar-refractivity contribution is 5.98. The molecule has 5 rings (SSSR count). The fraction of sp³-hybridized carbons (Fsp3) is 0.379. The Morgan fingerprint density at radius 2 is 2.03 bits per heavy atom. The van der Waals surface area contributed by atoms with Gasteiger partial charge in [0, 0.05) is 42.0 Å². The number of carbonyl (C=O) groups is 1. The fourth-order valence-electron chi connectivity index (χ4n) is 5.28. The standard InChI is InChI=1S/C29H34N6O/c1-5-20-10-12-23(31-16-20)18-34(26-8-7-9-27-24(26)17-32-35(27)6-2)29(36)21-11-13-25-22(15-21)14-19(3)28(30-4)33-25/h10-17,26H,5-9,18H2,1-4H3,(H,30,33). The van der Waals surface area contributed by atoms with Gasteiger partial charge in [0.25, 0.3) is 5.91 Å². The number of aryl methyl sites for hydroxylation is 3. The summed E-state index contributed by atoms with van der Waals surface area (Å²) in [4.78, 5) is 25.5. The fourth-order valence-corrected chi connectivity index (χ4v) is 5.28. The molecule has 7 nitrogen and oxygen atoms in total. The molecule has 1 atom stereocenters. The minimum atomic E-state index is -0.0311. The minimum Gasteiger partial charge on any atom is -0.373 e. The van der Waals surface area contributed by atoms with Crippen LogP contribution in [0.2, 0.25) is 0 Å². The maximum Gasteiger partial charge on any atom is 0.254 e. The van der Waals surface area contributed by atoms with Gasteiger partial charge in [0.2, 0.25) is 0 Å². The van der Waals surface area contributed by atoms with E-state index in [2.05, 4.69) is 46.1 Å². The quantitative estimate of drug-likeness (QED) is 0.378. The molecular weight excluding hydrogens is 448 g/mol. The van der Waals surface area contributed by atoms with Gasteiger partial charge >= 0.3 is 0 Å². The maximum atomic E-state index is 14.1. The number of benzene rings is 1. The van der Waals surface area contributed by atoms with Crippen LogP contribution in [0.1, 0.15) is 71.2 Å². The van der Waals surface area contributed by atoms with Gasteiger partial charge in [-0.2, -0.15) is 5.10 Å². The molecular formula is C29H34N6O. The first-order chi connectivity index (χ1) is 17.5. The number of nitrogens with zero attached hydrogens (tertiary/aromatic N) is 5. The second-order valence-electron chi connectivity index (χ2n) is 9.53. The van der Waals surface area contributed by atoms with E-state index >= 15 is 0 Å². The summed E-state index contributed by atoms with van der Waals surface area (Å²) in [6.45, 7) is 7.56. The lowest BCUT2D eigenvalue weighted by Gasteiger charge is -2.34. The molecule has 36 heavy (non-hydrogen) atoms. The van der Waals surface area contributed by atoms with Crippen molar-refractivity contribution in [3.63, 3.8) is 0 Å². The molecule has 0 aliphatic heterocycles. The molecule has 1 N–H and O–H groups in total. The molecule has 4 aromatic rings. The summed E-state index contributed by atoms with van der Waals surface area (Å²) < 4.78 is 2.07. The summed E-state index contributed by atoms with van der Waals surface area (Å²) in [7, 11) is 1.87. The van der Waals surface area contributed by atoms with Crippen LogP contribution in [-0.4, -0.2) is 37.6 Å². The van der Waals surface area contributed by atoms with Crippen molar-refractivity contribution in [2.24, 2.45) is 0 Å². The van der Waals surface area contributed by atoms with Crippen molar-refractivity contribution in [1.82, 2.24) is 24.6 Å². The van der Waals surface area contributed by atoms with E-state index in [0.29, 0.717) is 12.1 Å². The third kappa shape index (κ3) is 4.45. The number of hydrogen-bond donors (Lipinski definition) is 1. The van der Waals surface area contributed by atoms with Crippen molar-refractivity contribution in [2.45, 2.75) is 65.6 Å². The first-order valence-corrected chi connectivity index (χ1v) is 12.9. The third-order valence-corrected chi connectivity index (χ3v) is 7.28. The zero-order valence-electron chi connectivity index (χ0n) is 21.6. The summed E-state index contributed by atoms with van der Waals surface area (Å²) in [5, 5.41) is 8.73. The summed E-state index contributed by atoms with van der Waals surface area (Å²) in [5.74, 6) is 0.864. The number of anilines is 1. The first kappa shape index (κ1) is 24.0. The first-order valence-electron chi connectivity index (χ1n) is 12.9. The Hall–Kier alpha value is -3.74. The topological polar surface area (TPSA) is 75.9 Å². The molecule has 3 heterocycles. The molecule has 1 amide bonds. The number of amides is 1. The van der Waals surface area contributed by atoms with Gasteiger partial charge in [-0.05, 0) is 81.0 Å². The molecule has 0 saturated heterocycles. The van der Waals surface area contributed by atoms with E-state index < -0.39 is 0 Å². The Kier molecular flexibility index (Phi) is 6.72. The zero-order valence-corrected chi connectivity index (χ0v) is 21.6. The van der Waals surface area contributed by atoms with E-state index in [0.717, 1.165) is 60.2 Å². The van der Waals surface area contributed by atoms with Gasteiger partial charge < -0.3 is 10.2 Å². The van der Waals surface area contributed by atoms with Gasteiger partial charge in [-0.1, -0.05) is 13.0 Å². The summed E-state index contributed by atoms with van der Waals surface area (Å²) >= 11 is 0. The van der Waals surface area contributed by atoms with Crippen LogP contribution in [0, 0.1) is 6.92 Å². The number of hydrogen-bond acceptors (Lipinski definition) is 5. The number of pyridine rings is 2. The molecule has 7 heteroatoms. The van der Waals surface area contributed by atoms with Crippen LogP contribution >= 0.6 is 0 Å². The van der Waals surface area contributed by atoms with Gasteiger partial charge in [0.15, 0.2) is 0 Å². The average molecular weight is 483 g/mol. The Labute approximate surface area is 212 Å². The maximum absolute atomic E-state index is 14.1. The second kappa shape index (κ2) is 10.1. The Balaban J connectivity index is 1.55. The number of fused-ring (bicyclic) bond motifs is 2. The third-order valence-electron chi connectivity index (χ3n) is 7.28. The van der Waals surface area contributed by atoms with Crippen molar-refractivity contribution in [3.8, 4) is 0 Å². The highest BCUT2D eigenvalue weighted by Crippen LogP contribution is 2.36. The Bertz CT molecular complexity index is 1390. The monoisotopic (exact) mass is 482 g/mol. The molecule has 1 aliphatic rings. The van der Waals surface area contributed by atoms with Crippen molar-refractivity contribution < 1.29 is 4.79 Å². The summed E-state index contributed by atoms with van der Waals surface area (Å²) in [6, 6.07) is 12.0. The van der Waals surface area contributed by atoms with E-state index in [4.69, 9.17) is 4.98 Å². The normalized spacial score (nSPS) is 15.1. The van der Waals surface area contributed by atoms with E-state index in [-0.39, 0.29) is 11.9 Å². The molecule has 1 aromatic carbocycles. The minimum absolute atomic E-state index is 0.00992. The Morgan fingerprint density at radius 1 is 1.17 bits per heavy atom. The van der Waals surface area contributed by atoms with Crippen LogP contribution < -0.4 is 5.32 Å².